The smallest absolute Gasteiger partial charge is 0.323 e. The van der Waals surface area contributed by atoms with E-state index in [2.05, 4.69) is 15.5 Å². The molecule has 1 fully saturated rings. The van der Waals surface area contributed by atoms with Crippen molar-refractivity contribution in [2.45, 2.75) is 0 Å². The highest BCUT2D eigenvalue weighted by Gasteiger charge is 2.22. The molecule has 0 atom stereocenters. The molecule has 32 heavy (non-hydrogen) atoms. The van der Waals surface area contributed by atoms with E-state index in [1.165, 1.54) is 0 Å². The van der Waals surface area contributed by atoms with Crippen LogP contribution in [-0.2, 0) is 0 Å². The molecular weight excluding hydrogens is 414 g/mol. The first kappa shape index (κ1) is 21.3. The average Bonchev–Trinajstić information content (AvgIpc) is 2.82. The fourth-order valence-electron chi connectivity index (χ4n) is 3.56. The van der Waals surface area contributed by atoms with Crippen molar-refractivity contribution in [1.82, 2.24) is 4.90 Å². The maximum absolute atomic E-state index is 13.7. The summed E-state index contributed by atoms with van der Waals surface area (Å²) < 4.78 is 26.6. The number of carbonyl (C=O) groups is 2. The number of rotatable bonds is 4. The van der Waals surface area contributed by atoms with Crippen LogP contribution in [0.3, 0.4) is 0 Å². The number of amides is 3. The first-order valence-electron chi connectivity index (χ1n) is 10.2. The van der Waals surface area contributed by atoms with Crippen LogP contribution in [0.25, 0.3) is 0 Å². The lowest BCUT2D eigenvalue weighted by Crippen LogP contribution is -2.48. The molecule has 1 saturated heterocycles. The van der Waals surface area contributed by atoms with E-state index in [-0.39, 0.29) is 11.6 Å². The van der Waals surface area contributed by atoms with Crippen LogP contribution < -0.4 is 15.5 Å². The van der Waals surface area contributed by atoms with Crippen molar-refractivity contribution in [2.75, 3.05) is 41.7 Å². The normalized spacial score (nSPS) is 13.6. The number of halogens is 2. The monoisotopic (exact) mass is 436 g/mol. The van der Waals surface area contributed by atoms with Gasteiger partial charge in [0.2, 0.25) is 0 Å². The van der Waals surface area contributed by atoms with Gasteiger partial charge in [0.1, 0.15) is 11.6 Å². The van der Waals surface area contributed by atoms with E-state index in [9.17, 15) is 18.4 Å². The van der Waals surface area contributed by atoms with Gasteiger partial charge in [0, 0.05) is 49.2 Å². The van der Waals surface area contributed by atoms with Crippen LogP contribution >= 0.6 is 0 Å². The zero-order chi connectivity index (χ0) is 22.5. The molecule has 6 nitrogen and oxygen atoms in total. The summed E-state index contributed by atoms with van der Waals surface area (Å²) in [7, 11) is 0. The topological polar surface area (TPSA) is 64.7 Å². The van der Waals surface area contributed by atoms with Crippen LogP contribution in [0.2, 0.25) is 0 Å². The molecule has 0 radical (unpaired) electrons. The summed E-state index contributed by atoms with van der Waals surface area (Å²) in [5.41, 5.74) is 2.10. The molecule has 0 spiro atoms. The van der Waals surface area contributed by atoms with Gasteiger partial charge in [-0.05, 0) is 48.5 Å². The Morgan fingerprint density at radius 2 is 1.47 bits per heavy atom. The molecule has 4 rings (SSSR count). The Morgan fingerprint density at radius 1 is 0.781 bits per heavy atom. The van der Waals surface area contributed by atoms with E-state index in [1.54, 1.807) is 12.1 Å². The Kier molecular flexibility index (Phi) is 6.30. The lowest BCUT2D eigenvalue weighted by molar-refractivity contribution is 0.0747. The summed E-state index contributed by atoms with van der Waals surface area (Å²) in [6.07, 6.45) is 0. The molecule has 3 aromatic rings. The molecule has 164 valence electrons. The van der Waals surface area contributed by atoms with E-state index in [4.69, 9.17) is 0 Å². The number of benzene rings is 3. The summed E-state index contributed by atoms with van der Waals surface area (Å²) in [5, 5.41) is 4.97. The van der Waals surface area contributed by atoms with Crippen molar-refractivity contribution in [3.63, 3.8) is 0 Å². The van der Waals surface area contributed by atoms with E-state index >= 15 is 0 Å². The van der Waals surface area contributed by atoms with Crippen LogP contribution in [0.1, 0.15) is 10.4 Å². The minimum absolute atomic E-state index is 0.0356. The van der Waals surface area contributed by atoms with Gasteiger partial charge in [-0.3, -0.25) is 4.79 Å². The standard InChI is InChI=1S/C24H22F2N4O2/c25-18-6-11-22(21(26)16-18)28-24(32)27-19-7-9-20(10-8-19)29-12-14-30(15-13-29)23(31)17-4-2-1-3-5-17/h1-11,16H,12-15H2,(H2,27,28,32). The highest BCUT2D eigenvalue weighted by atomic mass is 19.1. The molecule has 1 heterocycles. The number of anilines is 3. The molecule has 3 amide bonds. The van der Waals surface area contributed by atoms with Gasteiger partial charge in [0.05, 0.1) is 5.69 Å². The molecule has 1 aliphatic heterocycles. The minimum atomic E-state index is -0.847. The van der Waals surface area contributed by atoms with Crippen LogP contribution in [-0.4, -0.2) is 43.0 Å². The molecule has 3 aromatic carbocycles. The number of carbonyl (C=O) groups excluding carboxylic acids is 2. The predicted molar refractivity (Wildman–Crippen MR) is 120 cm³/mol. The van der Waals surface area contributed by atoms with E-state index in [0.717, 1.165) is 17.8 Å². The van der Waals surface area contributed by atoms with Gasteiger partial charge in [-0.1, -0.05) is 18.2 Å². The summed E-state index contributed by atoms with van der Waals surface area (Å²) in [5.74, 6) is -1.52. The quantitative estimate of drug-likeness (QED) is 0.630. The Labute approximate surface area is 184 Å². The number of nitrogens with zero attached hydrogens (tertiary/aromatic N) is 2. The predicted octanol–water partition coefficient (Wildman–Crippen LogP) is 4.57. The van der Waals surface area contributed by atoms with Gasteiger partial charge in [0.15, 0.2) is 0 Å². The molecule has 0 bridgehead atoms. The third kappa shape index (κ3) is 5.03. The van der Waals surface area contributed by atoms with Gasteiger partial charge in [0.25, 0.3) is 5.91 Å². The Morgan fingerprint density at radius 3 is 2.12 bits per heavy atom. The molecule has 0 aromatic heterocycles. The van der Waals surface area contributed by atoms with Crippen LogP contribution in [0.4, 0.5) is 30.6 Å². The van der Waals surface area contributed by atoms with Crippen molar-refractivity contribution in [2.24, 2.45) is 0 Å². The Bertz CT molecular complexity index is 1100. The van der Waals surface area contributed by atoms with Gasteiger partial charge >= 0.3 is 6.03 Å². The maximum Gasteiger partial charge on any atom is 0.323 e. The van der Waals surface area contributed by atoms with E-state index in [1.807, 2.05) is 47.4 Å². The highest BCUT2D eigenvalue weighted by Crippen LogP contribution is 2.21. The molecular formula is C24H22F2N4O2. The number of hydrogen-bond acceptors (Lipinski definition) is 3. The second-order valence-corrected chi connectivity index (χ2v) is 7.40. The fraction of sp³-hybridized carbons (Fsp3) is 0.167. The van der Waals surface area contributed by atoms with E-state index < -0.39 is 17.7 Å². The molecule has 2 N–H and O–H groups in total. The van der Waals surface area contributed by atoms with Gasteiger partial charge < -0.3 is 20.4 Å². The second kappa shape index (κ2) is 9.47. The van der Waals surface area contributed by atoms with Crippen molar-refractivity contribution in [1.29, 1.82) is 0 Å². The fourth-order valence-corrected chi connectivity index (χ4v) is 3.56. The largest absolute Gasteiger partial charge is 0.368 e. The van der Waals surface area contributed by atoms with Crippen molar-refractivity contribution in [3.05, 3.63) is 90.0 Å². The van der Waals surface area contributed by atoms with Crippen LogP contribution in [0.15, 0.2) is 72.8 Å². The third-order valence-corrected chi connectivity index (χ3v) is 5.26. The van der Waals surface area contributed by atoms with Crippen LogP contribution in [0.5, 0.6) is 0 Å². The summed E-state index contributed by atoms with van der Waals surface area (Å²) in [6.45, 7) is 2.66. The molecule has 1 aliphatic rings. The first-order chi connectivity index (χ1) is 15.5. The van der Waals surface area contributed by atoms with Crippen molar-refractivity contribution < 1.29 is 18.4 Å². The number of urea groups is 1. The van der Waals surface area contributed by atoms with E-state index in [0.29, 0.717) is 43.5 Å². The minimum Gasteiger partial charge on any atom is -0.368 e. The van der Waals surface area contributed by atoms with Gasteiger partial charge in [-0.25, -0.2) is 13.6 Å². The first-order valence-corrected chi connectivity index (χ1v) is 10.2. The number of piperazine rings is 1. The zero-order valence-corrected chi connectivity index (χ0v) is 17.2. The third-order valence-electron chi connectivity index (χ3n) is 5.26. The lowest BCUT2D eigenvalue weighted by atomic mass is 10.1. The molecule has 8 heteroatoms. The van der Waals surface area contributed by atoms with Gasteiger partial charge in [-0.2, -0.15) is 0 Å². The number of nitrogens with one attached hydrogen (secondary N) is 2. The lowest BCUT2D eigenvalue weighted by Gasteiger charge is -2.36. The SMILES string of the molecule is O=C(Nc1ccc(N2CCN(C(=O)c3ccccc3)CC2)cc1)Nc1ccc(F)cc1F. The van der Waals surface area contributed by atoms with Crippen molar-refractivity contribution in [3.8, 4) is 0 Å². The number of hydrogen-bond donors (Lipinski definition) is 2. The Hall–Kier alpha value is -3.94. The maximum atomic E-state index is 13.7. The summed E-state index contributed by atoms with van der Waals surface area (Å²) >= 11 is 0. The molecule has 0 aliphatic carbocycles. The highest BCUT2D eigenvalue weighted by molar-refractivity contribution is 6.00. The van der Waals surface area contributed by atoms with Crippen LogP contribution in [0, 0.1) is 11.6 Å². The summed E-state index contributed by atoms with van der Waals surface area (Å²) in [4.78, 5) is 28.7. The summed E-state index contributed by atoms with van der Waals surface area (Å²) in [6, 6.07) is 18.8. The Balaban J connectivity index is 1.30. The second-order valence-electron chi connectivity index (χ2n) is 7.40. The molecule has 0 unspecified atom stereocenters. The van der Waals surface area contributed by atoms with Crippen molar-refractivity contribution >= 4 is 29.0 Å². The molecule has 0 saturated carbocycles. The zero-order valence-electron chi connectivity index (χ0n) is 17.2. The van der Waals surface area contributed by atoms with Gasteiger partial charge in [-0.15, -0.1) is 0 Å². The average molecular weight is 436 g/mol.